The van der Waals surface area contributed by atoms with Gasteiger partial charge in [0.2, 0.25) is 10.0 Å². The van der Waals surface area contributed by atoms with Crippen molar-refractivity contribution < 1.29 is 13.2 Å². The monoisotopic (exact) mass is 349 g/mol. The second-order valence-electron chi connectivity index (χ2n) is 4.61. The molecule has 6 nitrogen and oxygen atoms in total. The number of piperazine rings is 1. The number of nitrogens with zero attached hydrogens (tertiary/aromatic N) is 3. The van der Waals surface area contributed by atoms with E-state index in [0.717, 1.165) is 4.47 Å². The summed E-state index contributed by atoms with van der Waals surface area (Å²) in [6.07, 6.45) is 3.01. The third-order valence-corrected chi connectivity index (χ3v) is 4.92. The topological polar surface area (TPSA) is 62.6 Å². The predicted molar refractivity (Wildman–Crippen MR) is 75.4 cm³/mol. The van der Waals surface area contributed by atoms with E-state index in [4.69, 9.17) is 0 Å². The first-order valence-electron chi connectivity index (χ1n) is 5.85. The molecule has 1 aliphatic rings. The molecule has 106 valence electrons. The van der Waals surface area contributed by atoms with Crippen LogP contribution in [-0.2, 0) is 17.1 Å². The number of rotatable bonds is 2. The van der Waals surface area contributed by atoms with Gasteiger partial charge in [-0.15, -0.1) is 0 Å². The van der Waals surface area contributed by atoms with Gasteiger partial charge in [-0.2, -0.15) is 4.31 Å². The van der Waals surface area contributed by atoms with E-state index in [1.54, 1.807) is 15.5 Å². The Morgan fingerprint density at radius 1 is 1.26 bits per heavy atom. The van der Waals surface area contributed by atoms with Gasteiger partial charge in [-0.3, -0.25) is 4.79 Å². The molecule has 1 amide bonds. The average Bonchev–Trinajstić information content (AvgIpc) is 2.66. The quantitative estimate of drug-likeness (QED) is 0.781. The maximum absolute atomic E-state index is 12.3. The summed E-state index contributed by atoms with van der Waals surface area (Å²) in [4.78, 5) is 14.0. The molecule has 1 saturated heterocycles. The molecule has 2 rings (SSSR count). The standard InChI is InChI=1S/C11H16BrN3O3S/c1-13-8-9(12)7-10(13)11(16)14-3-5-15(6-4-14)19(2,17)18/h7-8H,3-6H2,1-2H3. The first-order chi connectivity index (χ1) is 8.79. The zero-order valence-electron chi connectivity index (χ0n) is 10.8. The van der Waals surface area contributed by atoms with Crippen molar-refractivity contribution in [3.8, 4) is 0 Å². The van der Waals surface area contributed by atoms with E-state index < -0.39 is 10.0 Å². The Morgan fingerprint density at radius 2 is 1.84 bits per heavy atom. The Bertz CT molecular complexity index is 588. The molecule has 8 heteroatoms. The molecule has 1 aromatic rings. The van der Waals surface area contributed by atoms with Gasteiger partial charge in [0.15, 0.2) is 0 Å². The van der Waals surface area contributed by atoms with Crippen molar-refractivity contribution in [1.29, 1.82) is 0 Å². The van der Waals surface area contributed by atoms with Crippen LogP contribution in [0.3, 0.4) is 0 Å². The minimum absolute atomic E-state index is 0.0682. The molecule has 0 bridgehead atoms. The van der Waals surface area contributed by atoms with E-state index in [2.05, 4.69) is 15.9 Å². The normalized spacial score (nSPS) is 17.7. The summed E-state index contributed by atoms with van der Waals surface area (Å²) in [6.45, 7) is 1.57. The molecule has 0 unspecified atom stereocenters. The number of halogens is 1. The molecular weight excluding hydrogens is 334 g/mol. The zero-order chi connectivity index (χ0) is 14.2. The lowest BCUT2D eigenvalue weighted by molar-refractivity contribution is 0.0688. The minimum atomic E-state index is -3.16. The Balaban J connectivity index is 2.06. The third-order valence-electron chi connectivity index (χ3n) is 3.19. The molecule has 2 heterocycles. The Morgan fingerprint density at radius 3 is 2.26 bits per heavy atom. The van der Waals surface area contributed by atoms with E-state index in [0.29, 0.717) is 31.9 Å². The van der Waals surface area contributed by atoms with Crippen LogP contribution in [0.25, 0.3) is 0 Å². The number of hydrogen-bond donors (Lipinski definition) is 0. The van der Waals surface area contributed by atoms with E-state index >= 15 is 0 Å². The van der Waals surface area contributed by atoms with Gasteiger partial charge in [0.05, 0.1) is 6.26 Å². The van der Waals surface area contributed by atoms with Gasteiger partial charge in [0.1, 0.15) is 5.69 Å². The van der Waals surface area contributed by atoms with Crippen LogP contribution in [-0.4, -0.2) is 60.5 Å². The summed E-state index contributed by atoms with van der Waals surface area (Å²) in [7, 11) is -1.35. The number of carbonyl (C=O) groups excluding carboxylic acids is 1. The highest BCUT2D eigenvalue weighted by molar-refractivity contribution is 9.10. The van der Waals surface area contributed by atoms with Crippen LogP contribution < -0.4 is 0 Å². The summed E-state index contributed by atoms with van der Waals surface area (Å²) >= 11 is 3.33. The SMILES string of the molecule is Cn1cc(Br)cc1C(=O)N1CCN(S(C)(=O)=O)CC1. The van der Waals surface area contributed by atoms with Gasteiger partial charge in [0.25, 0.3) is 5.91 Å². The molecule has 19 heavy (non-hydrogen) atoms. The first-order valence-corrected chi connectivity index (χ1v) is 8.49. The van der Waals surface area contributed by atoms with Crippen molar-refractivity contribution in [2.75, 3.05) is 32.4 Å². The smallest absolute Gasteiger partial charge is 0.270 e. The number of carbonyl (C=O) groups is 1. The summed E-state index contributed by atoms with van der Waals surface area (Å²) in [5, 5.41) is 0. The van der Waals surface area contributed by atoms with Gasteiger partial charge in [-0.1, -0.05) is 0 Å². The molecule has 0 atom stereocenters. The number of hydrogen-bond acceptors (Lipinski definition) is 3. The molecule has 0 aromatic carbocycles. The molecule has 1 fully saturated rings. The maximum Gasteiger partial charge on any atom is 0.270 e. The molecular formula is C11H16BrN3O3S. The van der Waals surface area contributed by atoms with Crippen LogP contribution in [0.1, 0.15) is 10.5 Å². The Hall–Kier alpha value is -0.860. The molecule has 0 radical (unpaired) electrons. The number of amides is 1. The highest BCUT2D eigenvalue weighted by Gasteiger charge is 2.27. The fraction of sp³-hybridized carbons (Fsp3) is 0.545. The zero-order valence-corrected chi connectivity index (χ0v) is 13.2. The van der Waals surface area contributed by atoms with Crippen molar-refractivity contribution in [1.82, 2.24) is 13.8 Å². The third kappa shape index (κ3) is 3.18. The Kier molecular flexibility index (Phi) is 4.03. The summed E-state index contributed by atoms with van der Waals surface area (Å²) in [6, 6.07) is 1.77. The van der Waals surface area contributed by atoms with Gasteiger partial charge in [0, 0.05) is 43.9 Å². The fourth-order valence-corrected chi connectivity index (χ4v) is 3.47. The lowest BCUT2D eigenvalue weighted by atomic mass is 10.3. The van der Waals surface area contributed by atoms with Crippen LogP contribution in [0, 0.1) is 0 Å². The first kappa shape index (κ1) is 14.5. The van der Waals surface area contributed by atoms with Crippen LogP contribution in [0.5, 0.6) is 0 Å². The summed E-state index contributed by atoms with van der Waals surface area (Å²) in [5.74, 6) is -0.0682. The van der Waals surface area contributed by atoms with Gasteiger partial charge in [-0.25, -0.2) is 8.42 Å². The van der Waals surface area contributed by atoms with Crippen molar-refractivity contribution in [3.63, 3.8) is 0 Å². The minimum Gasteiger partial charge on any atom is -0.345 e. The maximum atomic E-state index is 12.3. The second kappa shape index (κ2) is 5.26. The molecule has 0 aliphatic carbocycles. The van der Waals surface area contributed by atoms with Crippen molar-refractivity contribution >= 4 is 31.9 Å². The van der Waals surface area contributed by atoms with Gasteiger partial charge >= 0.3 is 0 Å². The number of sulfonamides is 1. The average molecular weight is 350 g/mol. The second-order valence-corrected chi connectivity index (χ2v) is 7.51. The van der Waals surface area contributed by atoms with Gasteiger partial charge < -0.3 is 9.47 Å². The largest absolute Gasteiger partial charge is 0.345 e. The predicted octanol–water partition coefficient (Wildman–Crippen LogP) is 0.505. The number of aromatic nitrogens is 1. The number of aryl methyl sites for hydroxylation is 1. The van der Waals surface area contributed by atoms with E-state index in [9.17, 15) is 13.2 Å². The molecule has 0 N–H and O–H groups in total. The van der Waals surface area contributed by atoms with Crippen LogP contribution >= 0.6 is 15.9 Å². The van der Waals surface area contributed by atoms with Crippen molar-refractivity contribution in [3.05, 3.63) is 22.4 Å². The fourth-order valence-electron chi connectivity index (χ4n) is 2.12. The van der Waals surface area contributed by atoms with Crippen LogP contribution in [0.15, 0.2) is 16.7 Å². The van der Waals surface area contributed by atoms with Crippen LogP contribution in [0.4, 0.5) is 0 Å². The van der Waals surface area contributed by atoms with E-state index in [1.165, 1.54) is 10.6 Å². The van der Waals surface area contributed by atoms with Crippen LogP contribution in [0.2, 0.25) is 0 Å². The van der Waals surface area contributed by atoms with Crippen molar-refractivity contribution in [2.24, 2.45) is 7.05 Å². The van der Waals surface area contributed by atoms with E-state index in [-0.39, 0.29) is 5.91 Å². The lowest BCUT2D eigenvalue weighted by Gasteiger charge is -2.33. The van der Waals surface area contributed by atoms with Gasteiger partial charge in [-0.05, 0) is 22.0 Å². The molecule has 1 aromatic heterocycles. The highest BCUT2D eigenvalue weighted by atomic mass is 79.9. The summed E-state index contributed by atoms with van der Waals surface area (Å²) in [5.41, 5.74) is 0.597. The lowest BCUT2D eigenvalue weighted by Crippen LogP contribution is -2.50. The van der Waals surface area contributed by atoms with Crippen molar-refractivity contribution in [2.45, 2.75) is 0 Å². The molecule has 0 saturated carbocycles. The molecule has 0 spiro atoms. The Labute approximate surface area is 121 Å². The highest BCUT2D eigenvalue weighted by Crippen LogP contribution is 2.16. The summed E-state index contributed by atoms with van der Waals surface area (Å²) < 4.78 is 26.8. The van der Waals surface area contributed by atoms with E-state index in [1.807, 2.05) is 13.2 Å². The molecule has 1 aliphatic heterocycles.